The van der Waals surface area contributed by atoms with Crippen LogP contribution in [0.4, 0.5) is 13.2 Å². The molecule has 4 nitrogen and oxygen atoms in total. The van der Waals surface area contributed by atoms with Crippen molar-refractivity contribution >= 4 is 5.91 Å². The van der Waals surface area contributed by atoms with Gasteiger partial charge in [-0.3, -0.25) is 15.0 Å². The molecule has 2 atom stereocenters. The first-order valence-corrected chi connectivity index (χ1v) is 6.74. The van der Waals surface area contributed by atoms with Crippen molar-refractivity contribution in [3.63, 3.8) is 0 Å². The van der Waals surface area contributed by atoms with Gasteiger partial charge in [0.15, 0.2) is 0 Å². The second-order valence-corrected chi connectivity index (χ2v) is 5.25. The minimum absolute atomic E-state index is 0.176. The molecule has 1 saturated heterocycles. The van der Waals surface area contributed by atoms with E-state index >= 15 is 0 Å². The summed E-state index contributed by atoms with van der Waals surface area (Å²) in [5, 5.41) is 3.06. The van der Waals surface area contributed by atoms with E-state index in [4.69, 9.17) is 5.73 Å². The fourth-order valence-electron chi connectivity index (χ4n) is 2.59. The van der Waals surface area contributed by atoms with E-state index in [1.54, 1.807) is 24.3 Å². The predicted molar refractivity (Wildman–Crippen MR) is 72.4 cm³/mol. The standard InChI is InChI=1S/C14H18F3N3O/c15-14(16,17)9-20-7-6-11(8-20)19-12(13(18)21)10-4-2-1-3-5-10/h1-5,11-12,19H,6-9H2,(H2,18,21)/t11-,12-/m1/s1. The van der Waals surface area contributed by atoms with Crippen LogP contribution in [0.5, 0.6) is 0 Å². The Hall–Kier alpha value is -1.60. The molecule has 0 radical (unpaired) electrons. The molecule has 0 unspecified atom stereocenters. The Bertz CT molecular complexity index is 478. The number of hydrogen-bond donors (Lipinski definition) is 2. The third-order valence-electron chi connectivity index (χ3n) is 3.50. The number of alkyl halides is 3. The highest BCUT2D eigenvalue weighted by Gasteiger charge is 2.35. The number of halogens is 3. The zero-order valence-electron chi connectivity index (χ0n) is 11.4. The van der Waals surface area contributed by atoms with Crippen LogP contribution in [0.1, 0.15) is 18.0 Å². The maximum Gasteiger partial charge on any atom is 0.401 e. The van der Waals surface area contributed by atoms with Crippen molar-refractivity contribution in [3.05, 3.63) is 35.9 Å². The van der Waals surface area contributed by atoms with Crippen LogP contribution in [-0.2, 0) is 4.79 Å². The summed E-state index contributed by atoms with van der Waals surface area (Å²) < 4.78 is 37.1. The highest BCUT2D eigenvalue weighted by atomic mass is 19.4. The van der Waals surface area contributed by atoms with Gasteiger partial charge in [0, 0.05) is 19.1 Å². The first-order chi connectivity index (χ1) is 9.85. The number of nitrogens with two attached hydrogens (primary N) is 1. The van der Waals surface area contributed by atoms with Crippen LogP contribution in [0.2, 0.25) is 0 Å². The largest absolute Gasteiger partial charge is 0.401 e. The quantitative estimate of drug-likeness (QED) is 0.865. The number of hydrogen-bond acceptors (Lipinski definition) is 3. The zero-order valence-corrected chi connectivity index (χ0v) is 11.4. The molecule has 1 heterocycles. The van der Waals surface area contributed by atoms with Gasteiger partial charge < -0.3 is 5.73 Å². The van der Waals surface area contributed by atoms with E-state index < -0.39 is 24.7 Å². The first kappa shape index (κ1) is 15.8. The number of carbonyl (C=O) groups excluding carboxylic acids is 1. The van der Waals surface area contributed by atoms with Crippen LogP contribution < -0.4 is 11.1 Å². The van der Waals surface area contributed by atoms with Crippen molar-refractivity contribution in [2.45, 2.75) is 24.7 Å². The van der Waals surface area contributed by atoms with E-state index in [1.807, 2.05) is 6.07 Å². The molecule has 2 rings (SSSR count). The minimum Gasteiger partial charge on any atom is -0.368 e. The molecule has 0 spiro atoms. The number of carbonyl (C=O) groups is 1. The predicted octanol–water partition coefficient (Wildman–Crippen LogP) is 1.44. The summed E-state index contributed by atoms with van der Waals surface area (Å²) in [5.74, 6) is -0.532. The summed E-state index contributed by atoms with van der Waals surface area (Å²) in [6.07, 6.45) is -3.63. The summed E-state index contributed by atoms with van der Waals surface area (Å²) in [5.41, 5.74) is 6.11. The molecule has 3 N–H and O–H groups in total. The maximum atomic E-state index is 12.4. The molecular formula is C14H18F3N3O. The number of rotatable bonds is 5. The number of amides is 1. The Labute approximate surface area is 121 Å². The fourth-order valence-corrected chi connectivity index (χ4v) is 2.59. The van der Waals surface area contributed by atoms with Crippen LogP contribution in [0.15, 0.2) is 30.3 Å². The summed E-state index contributed by atoms with van der Waals surface area (Å²) >= 11 is 0. The zero-order chi connectivity index (χ0) is 15.5. The third kappa shape index (κ3) is 4.71. The van der Waals surface area contributed by atoms with Gasteiger partial charge in [0.1, 0.15) is 6.04 Å². The van der Waals surface area contributed by atoms with E-state index in [9.17, 15) is 18.0 Å². The smallest absolute Gasteiger partial charge is 0.368 e. The molecule has 1 aromatic rings. The molecule has 7 heteroatoms. The Kier molecular flexibility index (Phi) is 4.84. The molecule has 0 aromatic heterocycles. The number of nitrogens with one attached hydrogen (secondary N) is 1. The molecule has 1 fully saturated rings. The van der Waals surface area contributed by atoms with Gasteiger partial charge in [0.05, 0.1) is 6.54 Å². The Morgan fingerprint density at radius 3 is 2.62 bits per heavy atom. The molecule has 0 aliphatic carbocycles. The molecule has 1 amide bonds. The lowest BCUT2D eigenvalue weighted by Gasteiger charge is -2.22. The van der Waals surface area contributed by atoms with Gasteiger partial charge in [0.25, 0.3) is 0 Å². The second-order valence-electron chi connectivity index (χ2n) is 5.25. The summed E-state index contributed by atoms with van der Waals surface area (Å²) in [7, 11) is 0. The van der Waals surface area contributed by atoms with Crippen molar-refractivity contribution < 1.29 is 18.0 Å². The van der Waals surface area contributed by atoms with E-state index in [2.05, 4.69) is 5.32 Å². The molecule has 116 valence electrons. The first-order valence-electron chi connectivity index (χ1n) is 6.74. The lowest BCUT2D eigenvalue weighted by molar-refractivity contribution is -0.143. The van der Waals surface area contributed by atoms with E-state index in [0.717, 1.165) is 5.56 Å². The number of benzene rings is 1. The van der Waals surface area contributed by atoms with E-state index in [1.165, 1.54) is 4.90 Å². The topological polar surface area (TPSA) is 58.4 Å². The molecule has 21 heavy (non-hydrogen) atoms. The number of primary amides is 1. The van der Waals surface area contributed by atoms with Gasteiger partial charge in [-0.1, -0.05) is 30.3 Å². The van der Waals surface area contributed by atoms with Crippen molar-refractivity contribution in [3.8, 4) is 0 Å². The van der Waals surface area contributed by atoms with Crippen LogP contribution in [0, 0.1) is 0 Å². The monoisotopic (exact) mass is 301 g/mol. The molecular weight excluding hydrogens is 283 g/mol. The van der Waals surface area contributed by atoms with Gasteiger partial charge in [0.2, 0.25) is 5.91 Å². The minimum atomic E-state index is -4.20. The SMILES string of the molecule is NC(=O)[C@H](N[C@@H]1CCN(CC(F)(F)F)C1)c1ccccc1. The Morgan fingerprint density at radius 1 is 1.38 bits per heavy atom. The summed E-state index contributed by atoms with van der Waals surface area (Å²) in [6.45, 7) is -0.300. The van der Waals surface area contributed by atoms with Gasteiger partial charge >= 0.3 is 6.18 Å². The summed E-state index contributed by atoms with van der Waals surface area (Å²) in [6, 6.07) is 8.08. The van der Waals surface area contributed by atoms with Crippen LogP contribution in [0.25, 0.3) is 0 Å². The highest BCUT2D eigenvalue weighted by molar-refractivity contribution is 5.81. The van der Waals surface area contributed by atoms with Gasteiger partial charge in [-0.05, 0) is 12.0 Å². The van der Waals surface area contributed by atoms with Gasteiger partial charge in [-0.2, -0.15) is 13.2 Å². The molecule has 0 saturated carbocycles. The fraction of sp³-hybridized carbons (Fsp3) is 0.500. The van der Waals surface area contributed by atoms with Crippen LogP contribution in [-0.4, -0.2) is 42.7 Å². The molecule has 1 aliphatic rings. The second kappa shape index (κ2) is 6.44. The van der Waals surface area contributed by atoms with Crippen molar-refractivity contribution in [2.24, 2.45) is 5.73 Å². The van der Waals surface area contributed by atoms with Crippen molar-refractivity contribution in [2.75, 3.05) is 19.6 Å². The summed E-state index contributed by atoms with van der Waals surface area (Å²) in [4.78, 5) is 12.9. The highest BCUT2D eigenvalue weighted by Crippen LogP contribution is 2.21. The number of likely N-dealkylation sites (tertiary alicyclic amines) is 1. The average Bonchev–Trinajstić information content (AvgIpc) is 2.81. The molecule has 0 bridgehead atoms. The lowest BCUT2D eigenvalue weighted by atomic mass is 10.1. The third-order valence-corrected chi connectivity index (χ3v) is 3.50. The van der Waals surface area contributed by atoms with Crippen LogP contribution in [0.3, 0.4) is 0 Å². The molecule has 1 aromatic carbocycles. The van der Waals surface area contributed by atoms with Gasteiger partial charge in [-0.25, -0.2) is 0 Å². The Morgan fingerprint density at radius 2 is 2.05 bits per heavy atom. The van der Waals surface area contributed by atoms with Crippen LogP contribution >= 0.6 is 0 Å². The van der Waals surface area contributed by atoms with Crippen molar-refractivity contribution in [1.29, 1.82) is 0 Å². The Balaban J connectivity index is 1.95. The van der Waals surface area contributed by atoms with Crippen molar-refractivity contribution in [1.82, 2.24) is 10.2 Å². The van der Waals surface area contributed by atoms with E-state index in [0.29, 0.717) is 13.0 Å². The normalized spacial score (nSPS) is 21.4. The van der Waals surface area contributed by atoms with Gasteiger partial charge in [-0.15, -0.1) is 0 Å². The number of nitrogens with zero attached hydrogens (tertiary/aromatic N) is 1. The lowest BCUT2D eigenvalue weighted by Crippen LogP contribution is -2.42. The van der Waals surface area contributed by atoms with E-state index in [-0.39, 0.29) is 12.6 Å². The maximum absolute atomic E-state index is 12.4. The average molecular weight is 301 g/mol. The molecule has 1 aliphatic heterocycles.